The van der Waals surface area contributed by atoms with Gasteiger partial charge in [0, 0.05) is 0 Å². The Balaban J connectivity index is 1.27. The standard InChI is InChI=1S/C23H26N9O11P/c1-9-4-11-12(5-10(9)2)32(19-23(30-11,42-37)20(35)29-21(36)28-19)43-44(38,39)40-6-13-15(33)16(34)22(3,41-13)31-8-27-14-17(24)25-7-26-18(14)31/h4-5,7-8,13,15-16,30,33-34,37H,6H2,1-3H3,(H,38,39)(H2,24,25,26)(H,29,35,36). The zero-order valence-electron chi connectivity index (χ0n) is 23.1. The Morgan fingerprint density at radius 3 is 2.64 bits per heavy atom. The van der Waals surface area contributed by atoms with E-state index in [1.165, 1.54) is 36.3 Å². The number of hydrogen-bond acceptors (Lipinski definition) is 16. The van der Waals surface area contributed by atoms with Crippen LogP contribution in [-0.2, 0) is 33.9 Å². The summed E-state index contributed by atoms with van der Waals surface area (Å²) in [4.78, 5) is 55.9. The van der Waals surface area contributed by atoms with Crippen molar-refractivity contribution < 1.29 is 53.3 Å². The number of amides is 3. The minimum Gasteiger partial charge on any atom is -0.387 e. The molecule has 0 spiro atoms. The molecule has 21 heteroatoms. The number of hydrogen-bond donors (Lipinski definition) is 7. The Kier molecular flexibility index (Phi) is 6.96. The number of ether oxygens (including phenoxy) is 1. The van der Waals surface area contributed by atoms with Gasteiger partial charge in [-0.15, -0.1) is 0 Å². The average Bonchev–Trinajstić information content (AvgIpc) is 3.50. The number of phosphoric ester groups is 1. The summed E-state index contributed by atoms with van der Waals surface area (Å²) in [6.45, 7) is 4.09. The van der Waals surface area contributed by atoms with E-state index < -0.39 is 62.0 Å². The molecule has 0 saturated carbocycles. The highest BCUT2D eigenvalue weighted by Crippen LogP contribution is 2.50. The molecule has 1 saturated heterocycles. The van der Waals surface area contributed by atoms with Crippen LogP contribution in [0.2, 0.25) is 0 Å². The molecule has 3 aromatic rings. The third kappa shape index (κ3) is 4.51. The van der Waals surface area contributed by atoms with Crippen molar-refractivity contribution in [1.82, 2.24) is 24.8 Å². The summed E-state index contributed by atoms with van der Waals surface area (Å²) >= 11 is 0. The Bertz CT molecular complexity index is 1790. The lowest BCUT2D eigenvalue weighted by molar-refractivity contribution is -0.284. The van der Waals surface area contributed by atoms with Crippen LogP contribution in [0.1, 0.15) is 18.1 Å². The van der Waals surface area contributed by atoms with E-state index in [0.717, 1.165) is 0 Å². The summed E-state index contributed by atoms with van der Waals surface area (Å²) in [5, 5.41) is 36.5. The SMILES string of the molecule is Cc1cc2c(cc1C)N(OP(=O)(O)OCC1OC(C)(n3cnc4c(N)ncnc43)C(O)C1O)C1=NC(=O)NC(=O)C1(OO)N2. The molecule has 44 heavy (non-hydrogen) atoms. The molecule has 8 N–H and O–H groups in total. The van der Waals surface area contributed by atoms with Gasteiger partial charge in [-0.05, 0) is 44.0 Å². The zero-order chi connectivity index (χ0) is 31.8. The van der Waals surface area contributed by atoms with Crippen LogP contribution >= 0.6 is 7.82 Å². The Morgan fingerprint density at radius 1 is 1.18 bits per heavy atom. The number of imidazole rings is 1. The number of aromatic nitrogens is 4. The first-order valence-corrected chi connectivity index (χ1v) is 14.3. The zero-order valence-corrected chi connectivity index (χ0v) is 24.0. The summed E-state index contributed by atoms with van der Waals surface area (Å²) < 4.78 is 30.9. The van der Waals surface area contributed by atoms with Gasteiger partial charge in [-0.1, -0.05) is 0 Å². The summed E-state index contributed by atoms with van der Waals surface area (Å²) in [7, 11) is -5.23. The molecule has 1 aromatic carbocycles. The van der Waals surface area contributed by atoms with Gasteiger partial charge >= 0.3 is 19.6 Å². The molecule has 1 fully saturated rings. The lowest BCUT2D eigenvalue weighted by Gasteiger charge is -2.43. The molecule has 0 radical (unpaired) electrons. The third-order valence-corrected chi connectivity index (χ3v) is 8.45. The molecule has 6 rings (SSSR count). The number of nitrogen functional groups attached to an aromatic ring is 1. The van der Waals surface area contributed by atoms with E-state index in [2.05, 4.69) is 30.1 Å². The van der Waals surface area contributed by atoms with E-state index in [0.29, 0.717) is 16.2 Å². The van der Waals surface area contributed by atoms with Crippen molar-refractivity contribution in [2.75, 3.05) is 22.7 Å². The second-order valence-electron chi connectivity index (χ2n) is 10.4. The second kappa shape index (κ2) is 10.2. The highest BCUT2D eigenvalue weighted by molar-refractivity contribution is 7.47. The number of amidine groups is 1. The summed E-state index contributed by atoms with van der Waals surface area (Å²) in [5.41, 5.74) is 3.50. The summed E-state index contributed by atoms with van der Waals surface area (Å²) in [6.07, 6.45) is -2.17. The van der Waals surface area contributed by atoms with Crippen molar-refractivity contribution in [3.8, 4) is 0 Å². The maximum Gasteiger partial charge on any atom is 0.494 e. The second-order valence-corrected chi connectivity index (χ2v) is 11.7. The largest absolute Gasteiger partial charge is 0.494 e. The predicted octanol–water partition coefficient (Wildman–Crippen LogP) is -0.366. The van der Waals surface area contributed by atoms with Gasteiger partial charge in [-0.25, -0.2) is 29.6 Å². The van der Waals surface area contributed by atoms with E-state index in [-0.39, 0.29) is 28.4 Å². The van der Waals surface area contributed by atoms with Gasteiger partial charge in [0.25, 0.3) is 5.91 Å². The van der Waals surface area contributed by atoms with Crippen molar-refractivity contribution in [1.29, 1.82) is 0 Å². The van der Waals surface area contributed by atoms with Gasteiger partial charge in [0.15, 0.2) is 17.2 Å². The molecular formula is C23H26N9O11P. The number of rotatable bonds is 7. The van der Waals surface area contributed by atoms with Gasteiger partial charge in [-0.2, -0.15) is 19.6 Å². The van der Waals surface area contributed by atoms with Crippen LogP contribution in [-0.4, -0.2) is 88.3 Å². The Morgan fingerprint density at radius 2 is 1.91 bits per heavy atom. The fraction of sp³-hybridized carbons (Fsp3) is 0.391. The van der Waals surface area contributed by atoms with Crippen LogP contribution in [0.25, 0.3) is 11.2 Å². The van der Waals surface area contributed by atoms with Crippen LogP contribution in [0, 0.1) is 13.8 Å². The van der Waals surface area contributed by atoms with Crippen molar-refractivity contribution in [2.24, 2.45) is 4.99 Å². The molecule has 20 nitrogen and oxygen atoms in total. The van der Waals surface area contributed by atoms with Gasteiger partial charge in [0.05, 0.1) is 24.3 Å². The maximum absolute atomic E-state index is 13.3. The lowest BCUT2D eigenvalue weighted by Crippen LogP contribution is -2.69. The number of nitrogens with one attached hydrogen (secondary N) is 2. The number of aliphatic hydroxyl groups is 2. The molecule has 5 heterocycles. The first-order chi connectivity index (χ1) is 20.7. The van der Waals surface area contributed by atoms with E-state index in [1.54, 1.807) is 13.8 Å². The molecule has 6 unspecified atom stereocenters. The minimum atomic E-state index is -5.23. The number of aliphatic imine (C=N–C) groups is 1. The minimum absolute atomic E-state index is 0.00768. The molecule has 3 aliphatic heterocycles. The number of fused-ring (bicyclic) bond motifs is 3. The lowest BCUT2D eigenvalue weighted by atomic mass is 10.0. The van der Waals surface area contributed by atoms with Gasteiger partial charge in [-0.3, -0.25) is 19.2 Å². The van der Waals surface area contributed by atoms with Crippen LogP contribution in [0.5, 0.6) is 0 Å². The number of nitrogens with zero attached hydrogens (tertiary/aromatic N) is 6. The van der Waals surface area contributed by atoms with Crippen LogP contribution < -0.4 is 21.4 Å². The molecule has 0 aliphatic carbocycles. The van der Waals surface area contributed by atoms with Gasteiger partial charge in [0.1, 0.15) is 30.2 Å². The third-order valence-electron chi connectivity index (χ3n) is 7.60. The summed E-state index contributed by atoms with van der Waals surface area (Å²) in [6, 6.07) is 1.86. The quantitative estimate of drug-likeness (QED) is 0.0990. The van der Waals surface area contributed by atoms with E-state index in [4.69, 9.17) is 19.6 Å². The number of benzene rings is 1. The highest BCUT2D eigenvalue weighted by atomic mass is 31.2. The van der Waals surface area contributed by atoms with Crippen LogP contribution in [0.15, 0.2) is 29.8 Å². The number of imide groups is 1. The number of urea groups is 1. The van der Waals surface area contributed by atoms with Crippen molar-refractivity contribution in [3.05, 3.63) is 35.9 Å². The number of phosphoric acid groups is 1. The first kappa shape index (κ1) is 29.9. The van der Waals surface area contributed by atoms with Crippen LogP contribution in [0.4, 0.5) is 22.0 Å². The monoisotopic (exact) mass is 635 g/mol. The van der Waals surface area contributed by atoms with E-state index in [1.807, 2.05) is 5.32 Å². The summed E-state index contributed by atoms with van der Waals surface area (Å²) in [5.74, 6) is -1.87. The molecular weight excluding hydrogens is 609 g/mol. The van der Waals surface area contributed by atoms with Crippen molar-refractivity contribution >= 4 is 54.0 Å². The number of carbonyl (C=O) groups is 2. The van der Waals surface area contributed by atoms with Crippen molar-refractivity contribution in [2.45, 2.75) is 50.5 Å². The highest BCUT2D eigenvalue weighted by Gasteiger charge is 2.58. The Labute approximate surface area is 246 Å². The maximum atomic E-state index is 13.3. The average molecular weight is 635 g/mol. The molecule has 234 valence electrons. The molecule has 3 aliphatic rings. The topological polar surface area (TPSA) is 278 Å². The molecule has 2 aromatic heterocycles. The van der Waals surface area contributed by atoms with Crippen molar-refractivity contribution in [3.63, 3.8) is 0 Å². The first-order valence-electron chi connectivity index (χ1n) is 12.8. The number of anilines is 3. The predicted molar refractivity (Wildman–Crippen MR) is 147 cm³/mol. The smallest absolute Gasteiger partial charge is 0.387 e. The number of carbonyl (C=O) groups excluding carboxylic acids is 2. The van der Waals surface area contributed by atoms with Gasteiger partial charge in [0.2, 0.25) is 5.84 Å². The number of aliphatic hydroxyl groups excluding tert-OH is 2. The Hall–Kier alpha value is -4.11. The fourth-order valence-corrected chi connectivity index (χ4v) is 5.88. The number of hydroxylamine groups is 1. The van der Waals surface area contributed by atoms with Crippen LogP contribution in [0.3, 0.4) is 0 Å². The van der Waals surface area contributed by atoms with E-state index >= 15 is 0 Å². The fourth-order valence-electron chi connectivity index (χ4n) is 5.12. The molecule has 6 atom stereocenters. The number of nitrogens with two attached hydrogens (primary N) is 1. The van der Waals surface area contributed by atoms with Gasteiger partial charge < -0.3 is 30.9 Å². The normalized spacial score (nSPS) is 29.5. The van der Waals surface area contributed by atoms with E-state index in [9.17, 15) is 34.5 Å². The molecule has 0 bridgehead atoms. The number of aryl methyl sites for hydroxylation is 2. The molecule has 3 amide bonds.